The molecule has 8 aromatic rings. The minimum Gasteiger partial charge on any atom is -0.488 e. The summed E-state index contributed by atoms with van der Waals surface area (Å²) in [5.41, 5.74) is -2.47. The first kappa shape index (κ1) is 67.2. The van der Waals surface area contributed by atoms with Crippen LogP contribution in [0.25, 0.3) is 0 Å². The predicted octanol–water partition coefficient (Wildman–Crippen LogP) is 5.67. The fourth-order valence-electron chi connectivity index (χ4n) is 9.85. The van der Waals surface area contributed by atoms with Crippen molar-refractivity contribution in [1.82, 2.24) is 43.2 Å². The number of carbonyl (C=O) groups excluding carboxylic acids is 3. The number of benzene rings is 2. The Bertz CT molecular complexity index is 4640. The van der Waals surface area contributed by atoms with E-state index in [1.165, 1.54) is 66.9 Å². The Hall–Kier alpha value is -9.15. The first-order valence-electron chi connectivity index (χ1n) is 27.0. The fourth-order valence-corrected chi connectivity index (χ4v) is 14.8. The van der Waals surface area contributed by atoms with E-state index in [0.29, 0.717) is 40.7 Å². The molecule has 36 heteroatoms. The second kappa shape index (κ2) is 25.5. The highest BCUT2D eigenvalue weighted by atomic mass is 35.5. The maximum Gasteiger partial charge on any atom is 0.276 e. The molecule has 3 unspecified atom stereocenters. The molecular formula is C56H56ClF4N13O15S3. The molecule has 3 aliphatic rings. The van der Waals surface area contributed by atoms with Gasteiger partial charge in [-0.05, 0) is 65.0 Å². The number of nitriles is 1. The summed E-state index contributed by atoms with van der Waals surface area (Å²) in [4.78, 5) is 41.8. The monoisotopic (exact) mass is 1360 g/mol. The Kier molecular flexibility index (Phi) is 18.6. The summed E-state index contributed by atoms with van der Waals surface area (Å²) >= 11 is 5.87. The van der Waals surface area contributed by atoms with Gasteiger partial charge in [0.25, 0.3) is 17.7 Å². The number of anilines is 3. The van der Waals surface area contributed by atoms with E-state index in [0.717, 1.165) is 16.8 Å². The number of hydrogen-bond donors (Lipinski definition) is 7. The summed E-state index contributed by atoms with van der Waals surface area (Å²) in [6.07, 6.45) is 5.65. The van der Waals surface area contributed by atoms with E-state index < -0.39 is 94.3 Å². The average molecular weight is 1360 g/mol. The number of aromatic nitrogens is 6. The van der Waals surface area contributed by atoms with E-state index >= 15 is 0 Å². The molecule has 0 saturated heterocycles. The van der Waals surface area contributed by atoms with Gasteiger partial charge in [-0.2, -0.15) is 9.98 Å². The second-order valence-corrected chi connectivity index (χ2v) is 27.7. The molecule has 3 atom stereocenters. The molecule has 92 heavy (non-hydrogen) atoms. The summed E-state index contributed by atoms with van der Waals surface area (Å²) < 4.78 is 170. The van der Waals surface area contributed by atoms with Crippen molar-refractivity contribution >= 4 is 76.5 Å². The van der Waals surface area contributed by atoms with Crippen LogP contribution in [0.15, 0.2) is 103 Å². The van der Waals surface area contributed by atoms with E-state index in [1.54, 1.807) is 59.0 Å². The Morgan fingerprint density at radius 3 is 1.38 bits per heavy atom. The van der Waals surface area contributed by atoms with Crippen LogP contribution in [0.4, 0.5) is 34.6 Å². The second-order valence-electron chi connectivity index (χ2n) is 22.4. The summed E-state index contributed by atoms with van der Waals surface area (Å²) in [6.45, 7) is 7.35. The van der Waals surface area contributed by atoms with Gasteiger partial charge in [0.1, 0.15) is 63.1 Å². The maximum atomic E-state index is 13.6. The SMILES string of the molecule is Cc1cc(CC2(C)COc3c(cn(C)c3C(=O)Nc3ccc(F)c(C#N)c3)S(=O)(=O)N2)no1.Cc1cc(CC2(C)COc3c(cn(C)c3C(=O)Nc3ccnc(Cl)c3)S(=O)(=O)N2)no1.Cn1cc2c(c1C(=O)Nc1cc(F)c(F)c(F)c1)OCC(C)(CO)NS2(=O)=O. The number of nitrogens with one attached hydrogen (secondary N) is 6. The molecule has 0 bridgehead atoms. The van der Waals surface area contributed by atoms with Crippen LogP contribution in [0.1, 0.15) is 80.7 Å². The molecule has 9 heterocycles. The maximum absolute atomic E-state index is 13.6. The van der Waals surface area contributed by atoms with Crippen molar-refractivity contribution in [2.24, 2.45) is 21.1 Å². The number of pyridine rings is 1. The van der Waals surface area contributed by atoms with Crippen LogP contribution in [0.2, 0.25) is 5.15 Å². The molecule has 28 nitrogen and oxygen atoms in total. The zero-order chi connectivity index (χ0) is 67.2. The van der Waals surface area contributed by atoms with Crippen molar-refractivity contribution in [1.29, 1.82) is 5.26 Å². The fraction of sp³-hybridized carbons (Fsp3) is 0.304. The van der Waals surface area contributed by atoms with Gasteiger partial charge in [-0.25, -0.2) is 57.2 Å². The third-order valence-corrected chi connectivity index (χ3v) is 19.1. The van der Waals surface area contributed by atoms with Crippen LogP contribution in [0.3, 0.4) is 0 Å². The summed E-state index contributed by atoms with van der Waals surface area (Å²) in [5.74, 6) is -6.76. The lowest BCUT2D eigenvalue weighted by molar-refractivity contribution is 0.0996. The Morgan fingerprint density at radius 2 is 1.00 bits per heavy atom. The minimum atomic E-state index is -4.13. The number of carbonyl (C=O) groups is 3. The van der Waals surface area contributed by atoms with Gasteiger partial charge in [0.2, 0.25) is 30.1 Å². The number of aliphatic hydroxyl groups is 1. The van der Waals surface area contributed by atoms with Gasteiger partial charge in [-0.15, -0.1) is 0 Å². The highest BCUT2D eigenvalue weighted by molar-refractivity contribution is 7.90. The van der Waals surface area contributed by atoms with Crippen molar-refractivity contribution in [3.8, 4) is 23.3 Å². The number of fused-ring (bicyclic) bond motifs is 3. The van der Waals surface area contributed by atoms with E-state index in [9.17, 15) is 62.3 Å². The number of hydrogen-bond acceptors (Lipinski definition) is 19. The molecule has 3 aliphatic heterocycles. The molecule has 0 aliphatic carbocycles. The highest BCUT2D eigenvalue weighted by Gasteiger charge is 2.44. The van der Waals surface area contributed by atoms with Crippen molar-refractivity contribution in [3.05, 3.63) is 153 Å². The molecule has 6 aromatic heterocycles. The number of rotatable bonds is 11. The normalized spacial score (nSPS) is 19.9. The number of ether oxygens (including phenoxy) is 3. The van der Waals surface area contributed by atoms with E-state index in [1.807, 2.05) is 0 Å². The van der Waals surface area contributed by atoms with Gasteiger partial charge in [0, 0.05) is 100 Å². The lowest BCUT2D eigenvalue weighted by atomic mass is 9.98. The van der Waals surface area contributed by atoms with Crippen LogP contribution in [-0.2, 0) is 64.1 Å². The van der Waals surface area contributed by atoms with Gasteiger partial charge < -0.3 is 58.0 Å². The van der Waals surface area contributed by atoms with Gasteiger partial charge in [0.05, 0.1) is 40.2 Å². The third kappa shape index (κ3) is 14.5. The van der Waals surface area contributed by atoms with Crippen LogP contribution < -0.4 is 44.3 Å². The first-order chi connectivity index (χ1) is 43.0. The first-order valence-corrected chi connectivity index (χ1v) is 31.8. The average Bonchev–Trinajstić information content (AvgIpc) is 1.62. The molecule has 0 spiro atoms. The Morgan fingerprint density at radius 1 is 0.609 bits per heavy atom. The van der Waals surface area contributed by atoms with Gasteiger partial charge in [0.15, 0.2) is 51.8 Å². The van der Waals surface area contributed by atoms with Gasteiger partial charge in [-0.1, -0.05) is 21.9 Å². The lowest BCUT2D eigenvalue weighted by Crippen LogP contribution is -2.51. The van der Waals surface area contributed by atoms with Crippen molar-refractivity contribution in [2.45, 2.75) is 78.8 Å². The number of aryl methyl sites for hydroxylation is 5. The van der Waals surface area contributed by atoms with Crippen molar-refractivity contribution < 1.29 is 85.6 Å². The zero-order valence-electron chi connectivity index (χ0n) is 49.7. The molecule has 2 aromatic carbocycles. The summed E-state index contributed by atoms with van der Waals surface area (Å²) in [6, 6.07) is 12.9. The summed E-state index contributed by atoms with van der Waals surface area (Å²) in [5, 5.41) is 33.9. The number of amides is 3. The van der Waals surface area contributed by atoms with E-state index in [2.05, 4.69) is 45.4 Å². The third-order valence-electron chi connectivity index (χ3n) is 14.0. The Labute approximate surface area is 526 Å². The quantitative estimate of drug-likeness (QED) is 0.0466. The molecular weight excluding hydrogens is 1300 g/mol. The van der Waals surface area contributed by atoms with Crippen LogP contribution in [-0.4, -0.2) is 120 Å². The predicted molar refractivity (Wildman–Crippen MR) is 316 cm³/mol. The number of sulfonamides is 3. The van der Waals surface area contributed by atoms with Gasteiger partial charge >= 0.3 is 0 Å². The van der Waals surface area contributed by atoms with Crippen LogP contribution in [0, 0.1) is 48.4 Å². The molecule has 3 amide bonds. The lowest BCUT2D eigenvalue weighted by Gasteiger charge is -2.26. The minimum absolute atomic E-state index is 0.0173. The molecule has 0 saturated carbocycles. The molecule has 7 N–H and O–H groups in total. The number of nitrogens with zero attached hydrogens (tertiary/aromatic N) is 7. The van der Waals surface area contributed by atoms with Crippen LogP contribution >= 0.6 is 11.6 Å². The van der Waals surface area contributed by atoms with E-state index in [4.69, 9.17) is 40.1 Å². The topological polar surface area (TPSA) is 377 Å². The zero-order valence-corrected chi connectivity index (χ0v) is 52.9. The largest absolute Gasteiger partial charge is 0.488 e. The Balaban J connectivity index is 0.000000164. The summed E-state index contributed by atoms with van der Waals surface area (Å²) in [7, 11) is -7.71. The number of aliphatic hydroxyl groups excluding tert-OH is 1. The molecule has 11 rings (SSSR count). The van der Waals surface area contributed by atoms with E-state index in [-0.39, 0.29) is 104 Å². The standard InChI is InChI=1S/C21H20FN5O5S.C19H20ClN5O5S.C16H16F3N3O5S/c1-12-6-15(25-32-12)8-21(2)11-31-19-17(33(29,30)26-21)10-27(3)18(19)20(28)24-14-4-5-16(22)13(7-14)9-23;1-11-6-13(23-30-11)8-19(2)10-29-17-14(31(27,28)24-19)9-25(3)16(17)18(26)22-12-4-5-21-15(20)7-12;1-16(6-23)7-27-14-11(28(25,26)21-16)5-22(2)13(14)15(24)20-8-3-9(17)12(19)10(18)4-8/h4-7,10,26H,8,11H2,1-3H3,(H,24,28);4-7,9,24H,8,10H2,1-3H3,(H,21,22,26);3-5,21,23H,6-7H2,1-2H3,(H,20,24). The van der Waals surface area contributed by atoms with Gasteiger partial charge in [-0.3, -0.25) is 14.4 Å². The van der Waals surface area contributed by atoms with Crippen molar-refractivity contribution in [2.75, 3.05) is 42.4 Å². The molecule has 0 fully saturated rings. The molecule has 488 valence electrons. The van der Waals surface area contributed by atoms with Crippen molar-refractivity contribution in [3.63, 3.8) is 0 Å². The smallest absolute Gasteiger partial charge is 0.276 e. The van der Waals surface area contributed by atoms with Crippen LogP contribution in [0.5, 0.6) is 17.2 Å². The number of halogens is 5. The molecule has 0 radical (unpaired) electrons. The highest BCUT2D eigenvalue weighted by Crippen LogP contribution is 2.39.